The van der Waals surface area contributed by atoms with Gasteiger partial charge in [-0.3, -0.25) is 10.2 Å². The van der Waals surface area contributed by atoms with E-state index in [1.807, 2.05) is 6.07 Å². The van der Waals surface area contributed by atoms with Crippen LogP contribution in [-0.2, 0) is 11.2 Å². The molecule has 1 atom stereocenters. The Morgan fingerprint density at radius 2 is 2.19 bits per heavy atom. The van der Waals surface area contributed by atoms with Crippen LogP contribution < -0.4 is 5.43 Å². The van der Waals surface area contributed by atoms with Crippen LogP contribution in [0, 0.1) is 11.3 Å². The molecule has 0 aliphatic carbocycles. The van der Waals surface area contributed by atoms with Gasteiger partial charge in [0.25, 0.3) is 0 Å². The Kier molecular flexibility index (Phi) is 4.48. The topological polar surface area (TPSA) is 56.1 Å². The molecule has 0 saturated carbocycles. The van der Waals surface area contributed by atoms with Crippen LogP contribution in [0.25, 0.3) is 0 Å². The van der Waals surface area contributed by atoms with E-state index in [0.29, 0.717) is 11.1 Å². The average molecular weight is 297 g/mol. The minimum atomic E-state index is -4.41. The fourth-order valence-electron chi connectivity index (χ4n) is 2.32. The molecule has 0 aromatic heterocycles. The number of amides is 1. The van der Waals surface area contributed by atoms with Crippen molar-refractivity contribution in [3.8, 4) is 6.07 Å². The maximum atomic E-state index is 13.1. The highest BCUT2D eigenvalue weighted by atomic mass is 19.4. The Bertz CT molecular complexity index is 565. The second kappa shape index (κ2) is 6.14. The number of alkyl halides is 3. The molecule has 21 heavy (non-hydrogen) atoms. The first-order chi connectivity index (χ1) is 9.90. The molecule has 1 fully saturated rings. The normalized spacial score (nSPS) is 17.3. The van der Waals surface area contributed by atoms with Crippen molar-refractivity contribution in [3.05, 3.63) is 35.4 Å². The maximum absolute atomic E-state index is 13.1. The summed E-state index contributed by atoms with van der Waals surface area (Å²) in [6.07, 6.45) is -4.31. The Morgan fingerprint density at radius 1 is 1.43 bits per heavy atom. The van der Waals surface area contributed by atoms with Gasteiger partial charge >= 0.3 is 6.18 Å². The largest absolute Gasteiger partial charge is 0.405 e. The summed E-state index contributed by atoms with van der Waals surface area (Å²) in [5, 5.41) is 9.74. The van der Waals surface area contributed by atoms with Crippen molar-refractivity contribution in [1.82, 2.24) is 10.4 Å². The molecular weight excluding hydrogens is 283 g/mol. The van der Waals surface area contributed by atoms with Crippen LogP contribution in [-0.4, -0.2) is 29.7 Å². The van der Waals surface area contributed by atoms with E-state index >= 15 is 0 Å². The number of hydrazine groups is 1. The second-order valence-electron chi connectivity index (χ2n) is 4.89. The first kappa shape index (κ1) is 15.3. The van der Waals surface area contributed by atoms with Crippen LogP contribution in [0.3, 0.4) is 0 Å². The SMILES string of the molecule is N#Cc1cccc(CCC(N2CCC(=O)N2)C(F)(F)F)c1. The van der Waals surface area contributed by atoms with Crippen LogP contribution in [0.1, 0.15) is 24.0 Å². The van der Waals surface area contributed by atoms with Gasteiger partial charge in [0.15, 0.2) is 0 Å². The molecule has 112 valence electrons. The molecule has 1 saturated heterocycles. The van der Waals surface area contributed by atoms with Crippen molar-refractivity contribution in [2.24, 2.45) is 0 Å². The third-order valence-corrected chi connectivity index (χ3v) is 3.36. The Balaban J connectivity index is 2.05. The van der Waals surface area contributed by atoms with Crippen LogP contribution in [0.4, 0.5) is 13.2 Å². The zero-order valence-corrected chi connectivity index (χ0v) is 11.2. The van der Waals surface area contributed by atoms with Gasteiger partial charge in [0.05, 0.1) is 11.6 Å². The van der Waals surface area contributed by atoms with Gasteiger partial charge in [0.1, 0.15) is 6.04 Å². The zero-order valence-electron chi connectivity index (χ0n) is 11.2. The van der Waals surface area contributed by atoms with Gasteiger partial charge in [-0.05, 0) is 30.5 Å². The molecule has 1 unspecified atom stereocenters. The highest BCUT2D eigenvalue weighted by molar-refractivity contribution is 5.77. The number of benzene rings is 1. The maximum Gasteiger partial charge on any atom is 0.405 e. The third kappa shape index (κ3) is 3.95. The molecule has 0 spiro atoms. The molecule has 7 heteroatoms. The Hall–Kier alpha value is -2.07. The summed E-state index contributed by atoms with van der Waals surface area (Å²) in [6.45, 7) is 0.0568. The van der Waals surface area contributed by atoms with Gasteiger partial charge in [0.2, 0.25) is 5.91 Å². The molecular formula is C14H14F3N3O. The summed E-state index contributed by atoms with van der Waals surface area (Å²) in [5.74, 6) is -0.393. The summed E-state index contributed by atoms with van der Waals surface area (Å²) in [5.41, 5.74) is 3.34. The number of nitrogens with one attached hydrogen (secondary N) is 1. The molecule has 1 N–H and O–H groups in total. The third-order valence-electron chi connectivity index (χ3n) is 3.36. The monoisotopic (exact) mass is 297 g/mol. The Labute approximate surface area is 120 Å². The number of halogens is 3. The van der Waals surface area contributed by atoms with Gasteiger partial charge in [-0.25, -0.2) is 5.01 Å². The van der Waals surface area contributed by atoms with Crippen LogP contribution in [0.5, 0.6) is 0 Å². The number of nitrogens with zero attached hydrogens (tertiary/aromatic N) is 2. The summed E-state index contributed by atoms with van der Waals surface area (Å²) < 4.78 is 39.3. The lowest BCUT2D eigenvalue weighted by molar-refractivity contribution is -0.189. The lowest BCUT2D eigenvalue weighted by Gasteiger charge is -2.28. The van der Waals surface area contributed by atoms with Gasteiger partial charge < -0.3 is 0 Å². The van der Waals surface area contributed by atoms with Gasteiger partial charge in [-0.1, -0.05) is 12.1 Å². The first-order valence-electron chi connectivity index (χ1n) is 6.52. The summed E-state index contributed by atoms with van der Waals surface area (Å²) in [6, 6.07) is 6.76. The standard InChI is InChI=1S/C14H14F3N3O/c15-14(16,17)12(20-7-6-13(21)19-20)5-4-10-2-1-3-11(8-10)9-18/h1-3,8,12H,4-7H2,(H,19,21). The van der Waals surface area contributed by atoms with Crippen molar-refractivity contribution >= 4 is 5.91 Å². The molecule has 1 heterocycles. The summed E-state index contributed by atoms with van der Waals surface area (Å²) in [7, 11) is 0. The van der Waals surface area contributed by atoms with E-state index in [0.717, 1.165) is 5.01 Å². The molecule has 1 aromatic rings. The van der Waals surface area contributed by atoms with Crippen molar-refractivity contribution in [3.63, 3.8) is 0 Å². The van der Waals surface area contributed by atoms with E-state index in [9.17, 15) is 18.0 Å². The number of carbonyl (C=O) groups excluding carboxylic acids is 1. The summed E-state index contributed by atoms with van der Waals surface area (Å²) >= 11 is 0. The highest BCUT2D eigenvalue weighted by Gasteiger charge is 2.45. The van der Waals surface area contributed by atoms with Crippen LogP contribution in [0.15, 0.2) is 24.3 Å². The van der Waals surface area contributed by atoms with E-state index in [1.54, 1.807) is 24.3 Å². The fourth-order valence-corrected chi connectivity index (χ4v) is 2.32. The molecule has 1 aromatic carbocycles. The number of carbonyl (C=O) groups is 1. The molecule has 0 radical (unpaired) electrons. The lowest BCUT2D eigenvalue weighted by Crippen LogP contribution is -2.50. The van der Waals surface area contributed by atoms with Gasteiger partial charge in [-0.15, -0.1) is 0 Å². The fraction of sp³-hybridized carbons (Fsp3) is 0.429. The van der Waals surface area contributed by atoms with E-state index < -0.39 is 18.1 Å². The minimum Gasteiger partial charge on any atom is -0.288 e. The predicted octanol–water partition coefficient (Wildman–Crippen LogP) is 2.16. The molecule has 1 aliphatic heterocycles. The predicted molar refractivity (Wildman–Crippen MR) is 68.8 cm³/mol. The van der Waals surface area contributed by atoms with E-state index in [4.69, 9.17) is 5.26 Å². The lowest BCUT2D eigenvalue weighted by atomic mass is 10.0. The number of aryl methyl sites for hydroxylation is 1. The van der Waals surface area contributed by atoms with Crippen molar-refractivity contribution in [1.29, 1.82) is 5.26 Å². The van der Waals surface area contributed by atoms with E-state index in [2.05, 4.69) is 5.43 Å². The van der Waals surface area contributed by atoms with Gasteiger partial charge in [-0.2, -0.15) is 18.4 Å². The Morgan fingerprint density at radius 3 is 2.76 bits per heavy atom. The van der Waals surface area contributed by atoms with Crippen molar-refractivity contribution in [2.45, 2.75) is 31.5 Å². The van der Waals surface area contributed by atoms with E-state index in [-0.39, 0.29) is 25.8 Å². The highest BCUT2D eigenvalue weighted by Crippen LogP contribution is 2.29. The smallest absolute Gasteiger partial charge is 0.288 e. The molecule has 0 bridgehead atoms. The zero-order chi connectivity index (χ0) is 15.5. The number of hydrogen-bond acceptors (Lipinski definition) is 3. The van der Waals surface area contributed by atoms with Crippen molar-refractivity contribution < 1.29 is 18.0 Å². The molecule has 1 aliphatic rings. The van der Waals surface area contributed by atoms with Crippen molar-refractivity contribution in [2.75, 3.05) is 6.54 Å². The number of hydrogen-bond donors (Lipinski definition) is 1. The van der Waals surface area contributed by atoms with Gasteiger partial charge in [0, 0.05) is 13.0 Å². The van der Waals surface area contributed by atoms with E-state index in [1.165, 1.54) is 0 Å². The molecule has 2 rings (SSSR count). The first-order valence-corrected chi connectivity index (χ1v) is 6.52. The van der Waals surface area contributed by atoms with Crippen LogP contribution in [0.2, 0.25) is 0 Å². The quantitative estimate of drug-likeness (QED) is 0.926. The summed E-state index contributed by atoms with van der Waals surface area (Å²) in [4.78, 5) is 11.1. The van der Waals surface area contributed by atoms with Crippen LogP contribution >= 0.6 is 0 Å². The molecule has 1 amide bonds. The second-order valence-corrected chi connectivity index (χ2v) is 4.89. The molecule has 4 nitrogen and oxygen atoms in total. The minimum absolute atomic E-state index is 0.0568. The number of nitriles is 1. The number of rotatable bonds is 4. The average Bonchev–Trinajstić information content (AvgIpc) is 2.84.